The number of benzene rings is 1. The van der Waals surface area contributed by atoms with Crippen LogP contribution < -0.4 is 10.5 Å². The average Bonchev–Trinajstić information content (AvgIpc) is 2.28. The van der Waals surface area contributed by atoms with Crippen molar-refractivity contribution < 1.29 is 17.6 Å². The lowest BCUT2D eigenvalue weighted by Crippen LogP contribution is -2.15. The van der Waals surface area contributed by atoms with E-state index >= 15 is 0 Å². The van der Waals surface area contributed by atoms with E-state index in [2.05, 4.69) is 11.2 Å². The number of anilines is 1. The van der Waals surface area contributed by atoms with Gasteiger partial charge in [0.05, 0.1) is 10.6 Å². The molecule has 0 fully saturated rings. The molecular weight excluding hydrogens is 259 g/mol. The summed E-state index contributed by atoms with van der Waals surface area (Å²) in [6, 6.07) is 2.89. The van der Waals surface area contributed by atoms with E-state index in [4.69, 9.17) is 11.6 Å². The van der Waals surface area contributed by atoms with Gasteiger partial charge in [-0.2, -0.15) is 0 Å². The van der Waals surface area contributed by atoms with E-state index in [-0.39, 0.29) is 23.4 Å². The summed E-state index contributed by atoms with van der Waals surface area (Å²) in [6.07, 6.45) is 5.22. The number of amides is 1. The Morgan fingerprint density at radius 2 is 2.17 bits per heavy atom. The van der Waals surface area contributed by atoms with Gasteiger partial charge in [0.25, 0.3) is 0 Å². The van der Waals surface area contributed by atoms with Gasteiger partial charge >= 0.3 is 0 Å². The van der Waals surface area contributed by atoms with Crippen LogP contribution in [0.15, 0.2) is 23.1 Å². The van der Waals surface area contributed by atoms with Crippen LogP contribution >= 0.6 is 0 Å². The largest absolute Gasteiger partial charge is 0.324 e. The molecule has 0 aromatic heterocycles. The number of sulfonamides is 1. The lowest BCUT2D eigenvalue weighted by atomic mass is 10.2. The zero-order valence-corrected chi connectivity index (χ0v) is 10.1. The third-order valence-electron chi connectivity index (χ3n) is 2.04. The van der Waals surface area contributed by atoms with Crippen molar-refractivity contribution in [3.63, 3.8) is 0 Å². The van der Waals surface area contributed by atoms with E-state index in [1.807, 2.05) is 0 Å². The number of terminal acetylenes is 1. The van der Waals surface area contributed by atoms with Crippen molar-refractivity contribution in [2.45, 2.75) is 17.7 Å². The van der Waals surface area contributed by atoms with Crippen LogP contribution in [-0.4, -0.2) is 14.3 Å². The van der Waals surface area contributed by atoms with Gasteiger partial charge in [0, 0.05) is 12.8 Å². The van der Waals surface area contributed by atoms with E-state index in [9.17, 15) is 17.6 Å². The molecule has 0 heterocycles. The van der Waals surface area contributed by atoms with E-state index in [1.54, 1.807) is 0 Å². The summed E-state index contributed by atoms with van der Waals surface area (Å²) >= 11 is 0. The minimum absolute atomic E-state index is 0.0234. The van der Waals surface area contributed by atoms with Gasteiger partial charge in [0.1, 0.15) is 5.82 Å². The predicted octanol–water partition coefficient (Wildman–Crippen LogP) is 0.825. The van der Waals surface area contributed by atoms with Gasteiger partial charge in [-0.25, -0.2) is 17.9 Å². The Morgan fingerprint density at radius 3 is 2.72 bits per heavy atom. The Kier molecular flexibility index (Phi) is 4.42. The maximum Gasteiger partial charge on any atom is 0.238 e. The van der Waals surface area contributed by atoms with Gasteiger partial charge in [0.2, 0.25) is 15.9 Å². The lowest BCUT2D eigenvalue weighted by Gasteiger charge is -2.07. The molecule has 0 aliphatic heterocycles. The Morgan fingerprint density at radius 1 is 1.50 bits per heavy atom. The molecule has 0 bridgehead atoms. The first kappa shape index (κ1) is 14.2. The zero-order chi connectivity index (χ0) is 13.8. The molecule has 1 aromatic rings. The minimum atomic E-state index is -3.95. The summed E-state index contributed by atoms with van der Waals surface area (Å²) in [5.41, 5.74) is -0.247. The molecule has 0 radical (unpaired) electrons. The van der Waals surface area contributed by atoms with Gasteiger partial charge in [-0.05, 0) is 18.2 Å². The molecule has 0 saturated heterocycles. The molecule has 0 aliphatic carbocycles. The molecule has 0 saturated carbocycles. The van der Waals surface area contributed by atoms with Gasteiger partial charge in [-0.3, -0.25) is 4.79 Å². The maximum atomic E-state index is 13.3. The second-order valence-electron chi connectivity index (χ2n) is 3.44. The maximum absolute atomic E-state index is 13.3. The van der Waals surface area contributed by atoms with Gasteiger partial charge in [0.15, 0.2) is 0 Å². The highest BCUT2D eigenvalue weighted by Crippen LogP contribution is 2.19. The second kappa shape index (κ2) is 5.62. The molecule has 96 valence electrons. The molecule has 1 amide bonds. The fourth-order valence-corrected chi connectivity index (χ4v) is 1.72. The third-order valence-corrected chi connectivity index (χ3v) is 2.95. The van der Waals surface area contributed by atoms with E-state index < -0.39 is 21.7 Å². The number of rotatable bonds is 4. The van der Waals surface area contributed by atoms with Crippen LogP contribution in [0.1, 0.15) is 12.8 Å². The van der Waals surface area contributed by atoms with Crippen LogP contribution in [0, 0.1) is 18.2 Å². The number of nitrogens with two attached hydrogens (primary N) is 1. The van der Waals surface area contributed by atoms with Crippen LogP contribution in [0.5, 0.6) is 0 Å². The monoisotopic (exact) mass is 270 g/mol. The molecule has 18 heavy (non-hydrogen) atoms. The highest BCUT2D eigenvalue weighted by Gasteiger charge is 2.13. The normalized spacial score (nSPS) is 10.7. The number of hydrogen-bond acceptors (Lipinski definition) is 3. The number of hydrogen-bond donors (Lipinski definition) is 2. The van der Waals surface area contributed by atoms with Gasteiger partial charge in [-0.1, -0.05) is 0 Å². The molecule has 1 aromatic carbocycles. The summed E-state index contributed by atoms with van der Waals surface area (Å²) in [5, 5.41) is 7.13. The predicted molar refractivity (Wildman–Crippen MR) is 64.5 cm³/mol. The Bertz CT molecular complexity index is 605. The molecule has 0 atom stereocenters. The second-order valence-corrected chi connectivity index (χ2v) is 5.00. The highest BCUT2D eigenvalue weighted by molar-refractivity contribution is 7.89. The Labute approximate surface area is 104 Å². The van der Waals surface area contributed by atoms with Crippen molar-refractivity contribution >= 4 is 21.6 Å². The van der Waals surface area contributed by atoms with E-state index in [0.29, 0.717) is 0 Å². The third kappa shape index (κ3) is 3.84. The van der Waals surface area contributed by atoms with E-state index in [1.165, 1.54) is 0 Å². The summed E-state index contributed by atoms with van der Waals surface area (Å²) in [6.45, 7) is 0. The fourth-order valence-electron chi connectivity index (χ4n) is 1.18. The summed E-state index contributed by atoms with van der Waals surface area (Å²) < 4.78 is 35.5. The molecule has 1 rings (SSSR count). The summed E-state index contributed by atoms with van der Waals surface area (Å²) in [4.78, 5) is 11.0. The molecule has 0 spiro atoms. The smallest absolute Gasteiger partial charge is 0.238 e. The number of halogens is 1. The van der Waals surface area contributed by atoms with Gasteiger partial charge < -0.3 is 5.32 Å². The van der Waals surface area contributed by atoms with Crippen molar-refractivity contribution in [1.82, 2.24) is 0 Å². The summed E-state index contributed by atoms with van der Waals surface area (Å²) in [5.74, 6) is 1.01. The van der Waals surface area contributed by atoms with Crippen LogP contribution in [0.3, 0.4) is 0 Å². The van der Waals surface area contributed by atoms with Crippen molar-refractivity contribution in [2.75, 3.05) is 5.32 Å². The quantitative estimate of drug-likeness (QED) is 0.794. The highest BCUT2D eigenvalue weighted by atomic mass is 32.2. The SMILES string of the molecule is C#CCCC(=O)Nc1cc(S(N)(=O)=O)ccc1F. The molecule has 5 nitrogen and oxygen atoms in total. The lowest BCUT2D eigenvalue weighted by molar-refractivity contribution is -0.116. The first-order chi connectivity index (χ1) is 8.34. The number of carbonyl (C=O) groups is 1. The van der Waals surface area contributed by atoms with Crippen LogP contribution in [-0.2, 0) is 14.8 Å². The van der Waals surface area contributed by atoms with Crippen molar-refractivity contribution in [3.05, 3.63) is 24.0 Å². The average molecular weight is 270 g/mol. The Balaban J connectivity index is 2.96. The molecular formula is C11H11FN2O3S. The number of primary sulfonamides is 1. The van der Waals surface area contributed by atoms with Crippen LogP contribution in [0.2, 0.25) is 0 Å². The van der Waals surface area contributed by atoms with Crippen molar-refractivity contribution in [3.8, 4) is 12.3 Å². The molecule has 0 unspecified atom stereocenters. The van der Waals surface area contributed by atoms with E-state index in [0.717, 1.165) is 18.2 Å². The first-order valence-electron chi connectivity index (χ1n) is 4.90. The first-order valence-corrected chi connectivity index (χ1v) is 6.45. The summed E-state index contributed by atoms with van der Waals surface area (Å²) in [7, 11) is -3.95. The topological polar surface area (TPSA) is 89.3 Å². The van der Waals surface area contributed by atoms with Crippen molar-refractivity contribution in [2.24, 2.45) is 5.14 Å². The van der Waals surface area contributed by atoms with Crippen LogP contribution in [0.25, 0.3) is 0 Å². The van der Waals surface area contributed by atoms with Crippen molar-refractivity contribution in [1.29, 1.82) is 0 Å². The van der Waals surface area contributed by atoms with Gasteiger partial charge in [-0.15, -0.1) is 12.3 Å². The number of carbonyl (C=O) groups excluding carboxylic acids is 1. The number of nitrogens with one attached hydrogen (secondary N) is 1. The minimum Gasteiger partial charge on any atom is -0.324 e. The fraction of sp³-hybridized carbons (Fsp3) is 0.182. The molecule has 0 aliphatic rings. The molecule has 3 N–H and O–H groups in total. The van der Waals surface area contributed by atoms with Crippen LogP contribution in [0.4, 0.5) is 10.1 Å². The molecule has 7 heteroatoms. The zero-order valence-electron chi connectivity index (χ0n) is 9.31. The standard InChI is InChI=1S/C11H11FN2O3S/c1-2-3-4-11(15)14-10-7-8(18(13,16)17)5-6-9(10)12/h1,5-7H,3-4H2,(H,14,15)(H2,13,16,17). The Hall–Kier alpha value is -1.91.